The van der Waals surface area contributed by atoms with Gasteiger partial charge in [0.1, 0.15) is 5.01 Å². The van der Waals surface area contributed by atoms with E-state index in [1.54, 1.807) is 22.7 Å². The highest BCUT2D eigenvalue weighted by Crippen LogP contribution is 2.31. The molecule has 2 nitrogen and oxygen atoms in total. The Labute approximate surface area is 126 Å². The lowest BCUT2D eigenvalue weighted by Gasteiger charge is -2.17. The highest BCUT2D eigenvalue weighted by molar-refractivity contribution is 7.14. The molecule has 1 aromatic carbocycles. The smallest absolute Gasteiger partial charge is 0.124 e. The first kappa shape index (κ1) is 12.3. The molecule has 0 atom stereocenters. The van der Waals surface area contributed by atoms with Crippen LogP contribution in [-0.2, 0) is 13.0 Å². The molecular formula is C16H14N2S2. The van der Waals surface area contributed by atoms with Gasteiger partial charge in [-0.05, 0) is 41.6 Å². The van der Waals surface area contributed by atoms with Crippen LogP contribution in [0.5, 0.6) is 0 Å². The molecule has 20 heavy (non-hydrogen) atoms. The molecule has 0 saturated heterocycles. The molecule has 1 aliphatic heterocycles. The fourth-order valence-corrected chi connectivity index (χ4v) is 4.10. The van der Waals surface area contributed by atoms with E-state index in [2.05, 4.69) is 45.7 Å². The number of benzene rings is 1. The van der Waals surface area contributed by atoms with E-state index in [1.807, 2.05) is 0 Å². The lowest BCUT2D eigenvalue weighted by Crippen LogP contribution is -2.23. The highest BCUT2D eigenvalue weighted by Gasteiger charge is 2.12. The standard InChI is InChI=1S/C16H14N2S2/c1-2-13-8-17-5-3-11(13)7-12(1)15-10-20-16(18-15)14-4-6-19-9-14/h1-2,4,6-7,9-10,17H,3,5,8H2. The largest absolute Gasteiger partial charge is 0.312 e. The number of nitrogens with one attached hydrogen (secondary N) is 1. The van der Waals surface area contributed by atoms with Crippen LogP contribution in [0.4, 0.5) is 0 Å². The van der Waals surface area contributed by atoms with Crippen molar-refractivity contribution in [1.82, 2.24) is 10.3 Å². The lowest BCUT2D eigenvalue weighted by atomic mass is 9.98. The minimum Gasteiger partial charge on any atom is -0.312 e. The summed E-state index contributed by atoms with van der Waals surface area (Å²) >= 11 is 3.44. The number of hydrogen-bond donors (Lipinski definition) is 1. The van der Waals surface area contributed by atoms with Crippen LogP contribution in [0.1, 0.15) is 11.1 Å². The van der Waals surface area contributed by atoms with Crippen LogP contribution >= 0.6 is 22.7 Å². The molecule has 0 saturated carbocycles. The van der Waals surface area contributed by atoms with Crippen LogP contribution in [0.3, 0.4) is 0 Å². The molecule has 1 N–H and O–H groups in total. The van der Waals surface area contributed by atoms with Gasteiger partial charge in [-0.3, -0.25) is 0 Å². The number of nitrogens with zero attached hydrogens (tertiary/aromatic N) is 1. The van der Waals surface area contributed by atoms with E-state index in [4.69, 9.17) is 4.98 Å². The molecule has 1 aliphatic rings. The lowest BCUT2D eigenvalue weighted by molar-refractivity contribution is 0.644. The molecule has 3 aromatic rings. The normalized spacial score (nSPS) is 14.2. The number of fused-ring (bicyclic) bond motifs is 1. The van der Waals surface area contributed by atoms with Gasteiger partial charge in [-0.1, -0.05) is 12.1 Å². The minimum absolute atomic E-state index is 0.993. The molecule has 100 valence electrons. The van der Waals surface area contributed by atoms with Crippen LogP contribution in [0.25, 0.3) is 21.8 Å². The van der Waals surface area contributed by atoms with Gasteiger partial charge in [0.15, 0.2) is 0 Å². The first-order valence-electron chi connectivity index (χ1n) is 6.71. The van der Waals surface area contributed by atoms with Gasteiger partial charge in [0.2, 0.25) is 0 Å². The number of thiophene rings is 1. The average Bonchev–Trinajstić information content (AvgIpc) is 3.17. The quantitative estimate of drug-likeness (QED) is 0.767. The molecule has 4 rings (SSSR count). The van der Waals surface area contributed by atoms with Gasteiger partial charge in [-0.25, -0.2) is 4.98 Å². The van der Waals surface area contributed by atoms with Crippen molar-refractivity contribution in [2.45, 2.75) is 13.0 Å². The van der Waals surface area contributed by atoms with Crippen LogP contribution in [0.15, 0.2) is 40.4 Å². The van der Waals surface area contributed by atoms with E-state index in [0.29, 0.717) is 0 Å². The summed E-state index contributed by atoms with van der Waals surface area (Å²) in [5.74, 6) is 0. The van der Waals surface area contributed by atoms with Crippen molar-refractivity contribution < 1.29 is 0 Å². The summed E-state index contributed by atoms with van der Waals surface area (Å²) in [6.07, 6.45) is 1.12. The van der Waals surface area contributed by atoms with Gasteiger partial charge in [-0.15, -0.1) is 11.3 Å². The third kappa shape index (κ3) is 2.20. The Morgan fingerprint density at radius 2 is 2.05 bits per heavy atom. The Morgan fingerprint density at radius 1 is 1.05 bits per heavy atom. The second kappa shape index (κ2) is 5.13. The van der Waals surface area contributed by atoms with E-state index in [9.17, 15) is 0 Å². The molecule has 0 bridgehead atoms. The van der Waals surface area contributed by atoms with Crippen LogP contribution in [-0.4, -0.2) is 11.5 Å². The summed E-state index contributed by atoms with van der Waals surface area (Å²) < 4.78 is 0. The molecule has 3 heterocycles. The molecule has 4 heteroatoms. The van der Waals surface area contributed by atoms with Gasteiger partial charge in [0, 0.05) is 28.4 Å². The second-order valence-electron chi connectivity index (χ2n) is 4.96. The first-order chi connectivity index (χ1) is 9.90. The van der Waals surface area contributed by atoms with Crippen molar-refractivity contribution >= 4 is 22.7 Å². The predicted octanol–water partition coefficient (Wildman–Crippen LogP) is 4.18. The second-order valence-corrected chi connectivity index (χ2v) is 6.60. The van der Waals surface area contributed by atoms with Crippen LogP contribution in [0, 0.1) is 0 Å². The number of aromatic nitrogens is 1. The molecule has 0 fully saturated rings. The maximum absolute atomic E-state index is 4.78. The summed E-state index contributed by atoms with van der Waals surface area (Å²) in [5, 5.41) is 10.9. The van der Waals surface area contributed by atoms with Gasteiger partial charge >= 0.3 is 0 Å². The zero-order valence-corrected chi connectivity index (χ0v) is 12.6. The highest BCUT2D eigenvalue weighted by atomic mass is 32.1. The summed E-state index contributed by atoms with van der Waals surface area (Å²) in [6.45, 7) is 2.07. The van der Waals surface area contributed by atoms with Crippen molar-refractivity contribution in [2.75, 3.05) is 6.54 Å². The fraction of sp³-hybridized carbons (Fsp3) is 0.188. The van der Waals surface area contributed by atoms with Crippen molar-refractivity contribution in [1.29, 1.82) is 0 Å². The van der Waals surface area contributed by atoms with Gasteiger partial charge in [0.25, 0.3) is 0 Å². The Kier molecular flexibility index (Phi) is 3.14. The minimum atomic E-state index is 0.993. The molecule has 0 radical (unpaired) electrons. The predicted molar refractivity (Wildman–Crippen MR) is 86.3 cm³/mol. The van der Waals surface area contributed by atoms with Gasteiger partial charge < -0.3 is 5.32 Å². The SMILES string of the molecule is c1cc(-c2nc(-c3ccc4c(c3)CCNC4)cs2)cs1. The van der Waals surface area contributed by atoms with Gasteiger partial charge in [0.05, 0.1) is 5.69 Å². The van der Waals surface area contributed by atoms with E-state index in [1.165, 1.54) is 22.3 Å². The van der Waals surface area contributed by atoms with Crippen molar-refractivity contribution in [3.63, 3.8) is 0 Å². The number of thiazole rings is 1. The Bertz CT molecular complexity index is 729. The Morgan fingerprint density at radius 3 is 2.95 bits per heavy atom. The van der Waals surface area contributed by atoms with Crippen molar-refractivity contribution in [3.05, 3.63) is 51.5 Å². The van der Waals surface area contributed by atoms with Crippen LogP contribution < -0.4 is 5.32 Å². The van der Waals surface area contributed by atoms with Crippen LogP contribution in [0.2, 0.25) is 0 Å². The third-order valence-corrected chi connectivity index (χ3v) is 5.24. The zero-order valence-electron chi connectivity index (χ0n) is 10.9. The third-order valence-electron chi connectivity index (χ3n) is 3.66. The Balaban J connectivity index is 1.71. The van der Waals surface area contributed by atoms with E-state index < -0.39 is 0 Å². The number of rotatable bonds is 2. The summed E-state index contributed by atoms with van der Waals surface area (Å²) in [6, 6.07) is 8.87. The monoisotopic (exact) mass is 298 g/mol. The van der Waals surface area contributed by atoms with E-state index in [-0.39, 0.29) is 0 Å². The van der Waals surface area contributed by atoms with Crippen molar-refractivity contribution in [3.8, 4) is 21.8 Å². The fourth-order valence-electron chi connectivity index (χ4n) is 2.56. The summed E-state index contributed by atoms with van der Waals surface area (Å²) in [4.78, 5) is 4.78. The summed E-state index contributed by atoms with van der Waals surface area (Å²) in [5.41, 5.74) is 6.45. The van der Waals surface area contributed by atoms with Gasteiger partial charge in [-0.2, -0.15) is 11.3 Å². The molecule has 0 unspecified atom stereocenters. The first-order valence-corrected chi connectivity index (χ1v) is 8.53. The zero-order chi connectivity index (χ0) is 13.4. The van der Waals surface area contributed by atoms with Crippen molar-refractivity contribution in [2.24, 2.45) is 0 Å². The topological polar surface area (TPSA) is 24.9 Å². The average molecular weight is 298 g/mol. The maximum Gasteiger partial charge on any atom is 0.124 e. The maximum atomic E-state index is 4.78. The molecule has 0 amide bonds. The summed E-state index contributed by atoms with van der Waals surface area (Å²) in [7, 11) is 0. The molecule has 0 spiro atoms. The Hall–Kier alpha value is -1.49. The van der Waals surface area contributed by atoms with E-state index in [0.717, 1.165) is 30.2 Å². The molecular weight excluding hydrogens is 284 g/mol. The van der Waals surface area contributed by atoms with E-state index >= 15 is 0 Å². The molecule has 2 aromatic heterocycles. The molecule has 0 aliphatic carbocycles. The number of hydrogen-bond acceptors (Lipinski definition) is 4.